The van der Waals surface area contributed by atoms with Crippen LogP contribution >= 0.6 is 0 Å². The molecule has 0 rings (SSSR count). The molecule has 0 aliphatic rings. The van der Waals surface area contributed by atoms with Crippen LogP contribution in [0.25, 0.3) is 0 Å². The van der Waals surface area contributed by atoms with E-state index >= 15 is 0 Å². The maximum Gasteiger partial charge on any atom is 1.00 e. The van der Waals surface area contributed by atoms with E-state index < -0.39 is 0 Å². The van der Waals surface area contributed by atoms with Crippen molar-refractivity contribution in [3.63, 3.8) is 0 Å². The van der Waals surface area contributed by atoms with Gasteiger partial charge in [-0.15, -0.1) is 0 Å². The summed E-state index contributed by atoms with van der Waals surface area (Å²) >= 11 is 0. The topological polar surface area (TPSA) is 46.1 Å². The van der Waals surface area contributed by atoms with Crippen LogP contribution in [0.2, 0.25) is 0 Å². The summed E-state index contributed by atoms with van der Waals surface area (Å²) in [4.78, 5) is 0. The first-order valence-corrected chi connectivity index (χ1v) is 0.816. The minimum absolute atomic E-state index is 0. The average Bonchev–Trinajstić information content (AvgIpc) is 1.50. The molecule has 0 bridgehead atoms. The van der Waals surface area contributed by atoms with E-state index in [2.05, 4.69) is 0 Å². The molecule has 0 radical (unpaired) electrons. The van der Waals surface area contributed by atoms with E-state index in [0.717, 1.165) is 14.2 Å². The minimum atomic E-state index is 0. The molecule has 0 heterocycles. The molecule has 0 aromatic heterocycles. The van der Waals surface area contributed by atoms with Crippen LogP contribution in [-0.4, -0.2) is 14.2 Å². The van der Waals surface area contributed by atoms with Crippen molar-refractivity contribution in [2.24, 2.45) is 0 Å². The normalized spacial score (nSPS) is 2.00. The van der Waals surface area contributed by atoms with Crippen LogP contribution < -0.4 is 91.2 Å². The van der Waals surface area contributed by atoms with E-state index in [1.807, 2.05) is 0 Å². The average molecular weight is 124 g/mol. The van der Waals surface area contributed by atoms with Gasteiger partial charge in [-0.2, -0.15) is 14.2 Å². The van der Waals surface area contributed by atoms with E-state index in [9.17, 15) is 0 Å². The molecule has 2 nitrogen and oxygen atoms in total. The van der Waals surface area contributed by atoms with Crippen LogP contribution in [0, 0.1) is 0 Å². The largest absolute Gasteiger partial charge is 1.00 e. The van der Waals surface area contributed by atoms with Gasteiger partial charge in [-0.1, -0.05) is 0 Å². The molecule has 0 amide bonds. The third-order valence-corrected chi connectivity index (χ3v) is 0. The second kappa shape index (κ2) is 49.7. The van der Waals surface area contributed by atoms with Gasteiger partial charge in [0.15, 0.2) is 0 Å². The second-order valence-electron chi connectivity index (χ2n) is 0. The van der Waals surface area contributed by atoms with Gasteiger partial charge in [0.05, 0.1) is 0 Å². The van der Waals surface area contributed by atoms with Gasteiger partial charge in [0.1, 0.15) is 0 Å². The Hall–Kier alpha value is 2.56. The Labute approximate surface area is 103 Å². The molecule has 28 valence electrons. The maximum absolute atomic E-state index is 8.25. The van der Waals surface area contributed by atoms with Crippen molar-refractivity contribution in [1.29, 1.82) is 0 Å². The predicted octanol–water partition coefficient (Wildman–Crippen LogP) is -8.04. The fourth-order valence-electron chi connectivity index (χ4n) is 0. The zero-order valence-corrected chi connectivity index (χ0v) is 9.94. The summed E-state index contributed by atoms with van der Waals surface area (Å²) in [7, 11) is 1.50. The second-order valence-corrected chi connectivity index (χ2v) is 0. The van der Waals surface area contributed by atoms with Crippen molar-refractivity contribution in [1.82, 2.24) is 0 Å². The molecule has 0 aromatic carbocycles. The molecule has 0 atom stereocenters. The van der Waals surface area contributed by atoms with Gasteiger partial charge in [-0.25, -0.2) is 0 Å². The van der Waals surface area contributed by atoms with Crippen molar-refractivity contribution in [3.05, 3.63) is 0 Å². The number of hydrogen-bond acceptors (Lipinski definition) is 2. The van der Waals surface area contributed by atoms with Gasteiger partial charge in [0, 0.05) is 0 Å². The molecule has 0 aliphatic heterocycles. The molecule has 0 aromatic rings. The zero-order valence-electron chi connectivity index (χ0n) is 4.82. The molecule has 0 fully saturated rings. The Morgan fingerprint density at radius 3 is 0.833 bits per heavy atom. The fraction of sp³-hybridized carbons (Fsp3) is 1.00. The number of rotatable bonds is 0. The summed E-state index contributed by atoms with van der Waals surface area (Å²) in [5, 5.41) is 16.5. The Morgan fingerprint density at radius 2 is 0.833 bits per heavy atom. The molecule has 0 aliphatic carbocycles. The molecule has 0 spiro atoms. The summed E-state index contributed by atoms with van der Waals surface area (Å²) in [6, 6.07) is 0. The van der Waals surface area contributed by atoms with Gasteiger partial charge in [0.2, 0.25) is 0 Å². The van der Waals surface area contributed by atoms with Gasteiger partial charge >= 0.3 is 80.9 Å². The van der Waals surface area contributed by atoms with E-state index in [4.69, 9.17) is 10.2 Å². The van der Waals surface area contributed by atoms with Crippen LogP contribution in [-0.2, 0) is 0 Å². The fourth-order valence-corrected chi connectivity index (χ4v) is 0. The minimum Gasteiger partial charge on any atom is -0.857 e. The van der Waals surface area contributed by atoms with Gasteiger partial charge in [-0.05, 0) is 0 Å². The van der Waals surface area contributed by atoms with E-state index in [0.29, 0.717) is 0 Å². The Balaban J connectivity index is -0.00000000500. The molecule has 0 N–H and O–H groups in total. The first-order valence-electron chi connectivity index (χ1n) is 0.816. The number of hydrogen-bond donors (Lipinski definition) is 0. The first kappa shape index (κ1) is 23.5. The summed E-state index contributed by atoms with van der Waals surface area (Å²) in [5.41, 5.74) is 0. The van der Waals surface area contributed by atoms with Crippen molar-refractivity contribution < 1.29 is 91.2 Å². The Kier molecular flexibility index (Phi) is 195. The van der Waals surface area contributed by atoms with Crippen LogP contribution in [0.15, 0.2) is 0 Å². The van der Waals surface area contributed by atoms with Gasteiger partial charge in [0.25, 0.3) is 0 Å². The van der Waals surface area contributed by atoms with Gasteiger partial charge < -0.3 is 10.2 Å². The van der Waals surface area contributed by atoms with Crippen molar-refractivity contribution >= 4 is 0 Å². The molecule has 0 unspecified atom stereocenters. The van der Waals surface area contributed by atoms with Crippen molar-refractivity contribution in [2.45, 2.75) is 0 Å². The van der Waals surface area contributed by atoms with E-state index in [1.54, 1.807) is 0 Å². The van der Waals surface area contributed by atoms with Crippen LogP contribution in [0.3, 0.4) is 0 Å². The summed E-state index contributed by atoms with van der Waals surface area (Å²) < 4.78 is 0. The molecular formula is C2H6KNaO2. The monoisotopic (exact) mass is 124 g/mol. The van der Waals surface area contributed by atoms with Crippen molar-refractivity contribution in [2.75, 3.05) is 14.2 Å². The van der Waals surface area contributed by atoms with Gasteiger partial charge in [-0.3, -0.25) is 0 Å². The smallest absolute Gasteiger partial charge is 0.857 e. The standard InChI is InChI=1S/2CH3O.K.Na/c2*1-2;;/h2*1H3;;/q2*-1;2*+1. The molecule has 6 heavy (non-hydrogen) atoms. The van der Waals surface area contributed by atoms with Crippen LogP contribution in [0.5, 0.6) is 0 Å². The zero-order chi connectivity index (χ0) is 4.00. The Bertz CT molecular complexity index is 11.5. The summed E-state index contributed by atoms with van der Waals surface area (Å²) in [6.07, 6.45) is 0. The first-order chi connectivity index (χ1) is 2.00. The SMILES string of the molecule is C[O-].C[O-].[K+].[Na+]. The molecule has 0 saturated carbocycles. The summed E-state index contributed by atoms with van der Waals surface area (Å²) in [6.45, 7) is 0. The Morgan fingerprint density at radius 1 is 0.833 bits per heavy atom. The maximum atomic E-state index is 8.25. The van der Waals surface area contributed by atoms with E-state index in [-0.39, 0.29) is 80.9 Å². The molecule has 0 saturated heterocycles. The van der Waals surface area contributed by atoms with Crippen molar-refractivity contribution in [3.8, 4) is 0 Å². The molecular weight excluding hydrogens is 118 g/mol. The van der Waals surface area contributed by atoms with Crippen LogP contribution in [0.4, 0.5) is 0 Å². The van der Waals surface area contributed by atoms with Crippen LogP contribution in [0.1, 0.15) is 0 Å². The third kappa shape index (κ3) is 31.0. The van der Waals surface area contributed by atoms with E-state index in [1.165, 1.54) is 0 Å². The quantitative estimate of drug-likeness (QED) is 0.301. The third-order valence-electron chi connectivity index (χ3n) is 0. The molecule has 4 heteroatoms. The summed E-state index contributed by atoms with van der Waals surface area (Å²) in [5.74, 6) is 0. The predicted molar refractivity (Wildman–Crippen MR) is 11.8 cm³/mol.